The van der Waals surface area contributed by atoms with Crippen molar-refractivity contribution in [2.75, 3.05) is 10.6 Å². The first kappa shape index (κ1) is 42.1. The van der Waals surface area contributed by atoms with Crippen LogP contribution in [0.4, 0.5) is 11.4 Å². The maximum absolute atomic E-state index is 14.7. The fourth-order valence-electron chi connectivity index (χ4n) is 6.31. The molecule has 0 unspecified atom stereocenters. The average molecular weight is 719 g/mol. The Balaban J connectivity index is 2.11. The molecule has 3 rings (SSSR count). The maximum atomic E-state index is 14.7. The number of ether oxygens (including phenoxy) is 2. The number of unbranched alkanes of at least 4 members (excludes halogenated alkanes) is 12. The van der Waals surface area contributed by atoms with Crippen LogP contribution in [0.5, 0.6) is 11.5 Å². The zero-order valence-corrected chi connectivity index (χ0v) is 31.7. The second-order valence-electron chi connectivity index (χ2n) is 13.7. The molecule has 284 valence electrons. The van der Waals surface area contributed by atoms with Crippen LogP contribution in [0.2, 0.25) is 0 Å². The van der Waals surface area contributed by atoms with Crippen LogP contribution in [0.15, 0.2) is 24.3 Å². The number of fused-ring (bicyclic) bond motifs is 2. The topological polar surface area (TPSA) is 145 Å². The number of carbonyl (C=O) groups excluding carboxylic acids is 6. The average Bonchev–Trinajstić information content (AvgIpc) is 3.12. The molecule has 0 aliphatic heterocycles. The van der Waals surface area contributed by atoms with Gasteiger partial charge in [-0.05, 0) is 49.9 Å². The third-order valence-electron chi connectivity index (χ3n) is 9.22. The van der Waals surface area contributed by atoms with Crippen LogP contribution in [-0.2, 0) is 19.2 Å². The van der Waals surface area contributed by atoms with Gasteiger partial charge in [-0.3, -0.25) is 28.8 Å². The molecule has 52 heavy (non-hydrogen) atoms. The van der Waals surface area contributed by atoms with Crippen LogP contribution in [0.1, 0.15) is 188 Å². The molecule has 0 atom stereocenters. The van der Waals surface area contributed by atoms with Gasteiger partial charge >= 0.3 is 11.9 Å². The second-order valence-corrected chi connectivity index (χ2v) is 13.7. The Bertz CT molecular complexity index is 1340. The lowest BCUT2D eigenvalue weighted by atomic mass is 9.81. The predicted octanol–water partition coefficient (Wildman–Crippen LogP) is 10.0. The zero-order valence-electron chi connectivity index (χ0n) is 31.7. The van der Waals surface area contributed by atoms with Crippen molar-refractivity contribution in [2.24, 2.45) is 0 Å². The van der Waals surface area contributed by atoms with E-state index in [4.69, 9.17) is 9.47 Å². The Hall–Kier alpha value is -4.34. The Labute approximate surface area is 309 Å². The van der Waals surface area contributed by atoms with E-state index >= 15 is 0 Å². The van der Waals surface area contributed by atoms with Crippen molar-refractivity contribution in [3.63, 3.8) is 0 Å². The largest absolute Gasteiger partial charge is 0.426 e. The van der Waals surface area contributed by atoms with Gasteiger partial charge in [-0.2, -0.15) is 0 Å². The molecule has 0 aromatic heterocycles. The fourth-order valence-corrected chi connectivity index (χ4v) is 6.31. The summed E-state index contributed by atoms with van der Waals surface area (Å²) in [5.41, 5.74) is -0.498. The van der Waals surface area contributed by atoms with Gasteiger partial charge in [0.05, 0.1) is 33.6 Å². The third kappa shape index (κ3) is 12.4. The molecule has 2 aromatic carbocycles. The molecule has 1 aliphatic carbocycles. The van der Waals surface area contributed by atoms with Gasteiger partial charge in [0.25, 0.3) is 0 Å². The molecular weight excluding hydrogens is 660 g/mol. The summed E-state index contributed by atoms with van der Waals surface area (Å²) in [7, 11) is 0. The lowest BCUT2D eigenvalue weighted by Gasteiger charge is -2.26. The Morgan fingerprint density at radius 3 is 1.12 bits per heavy atom. The van der Waals surface area contributed by atoms with Gasteiger partial charge in [0, 0.05) is 25.7 Å². The summed E-state index contributed by atoms with van der Waals surface area (Å²) in [6, 6.07) is 5.75. The van der Waals surface area contributed by atoms with Gasteiger partial charge in [0.2, 0.25) is 17.6 Å². The number of carbonyl (C=O) groups is 6. The summed E-state index contributed by atoms with van der Waals surface area (Å²) in [6.07, 6.45) is 14.6. The highest BCUT2D eigenvalue weighted by Crippen LogP contribution is 2.43. The van der Waals surface area contributed by atoms with Gasteiger partial charge in [-0.15, -0.1) is 0 Å². The number of hydrogen-bond donors (Lipinski definition) is 2. The van der Waals surface area contributed by atoms with E-state index in [0.717, 1.165) is 77.0 Å². The lowest BCUT2D eigenvalue weighted by Crippen LogP contribution is -2.28. The summed E-state index contributed by atoms with van der Waals surface area (Å²) in [6.45, 7) is 8.29. The smallest absolute Gasteiger partial charge is 0.311 e. The normalized spacial score (nSPS) is 11.8. The minimum absolute atomic E-state index is 0.0948. The van der Waals surface area contributed by atoms with E-state index in [1.807, 2.05) is 0 Å². The molecule has 0 saturated carbocycles. The minimum atomic E-state index is -0.717. The number of nitrogens with one attached hydrogen (secondary N) is 2. The third-order valence-corrected chi connectivity index (χ3v) is 9.22. The number of rotatable bonds is 24. The van der Waals surface area contributed by atoms with Crippen molar-refractivity contribution in [3.8, 4) is 11.5 Å². The van der Waals surface area contributed by atoms with Crippen molar-refractivity contribution >= 4 is 46.7 Å². The first-order chi connectivity index (χ1) is 25.2. The molecule has 10 nitrogen and oxygen atoms in total. The number of hydrogen-bond acceptors (Lipinski definition) is 8. The molecule has 0 spiro atoms. The van der Waals surface area contributed by atoms with E-state index < -0.39 is 23.5 Å². The standard InChI is InChI=1S/C42H58N2O8/c1-5-9-13-17-21-33(45)43-29-25-27-31(51-35(47)23-19-15-11-7-3)39-37(29)41(49)38-30(44-34(46)22-18-14-10-6-2)26-28-32(40(38)42(39)50)52-36(48)24-20-16-12-8-4/h25-28H,5-24H2,1-4H3,(H,43,45)(H,44,46). The Kier molecular flexibility index (Phi) is 18.3. The maximum Gasteiger partial charge on any atom is 0.311 e. The van der Waals surface area contributed by atoms with Crippen LogP contribution >= 0.6 is 0 Å². The number of benzene rings is 2. The zero-order chi connectivity index (χ0) is 37.9. The van der Waals surface area contributed by atoms with Crippen molar-refractivity contribution in [1.29, 1.82) is 0 Å². The van der Waals surface area contributed by atoms with Gasteiger partial charge < -0.3 is 20.1 Å². The summed E-state index contributed by atoms with van der Waals surface area (Å²) in [4.78, 5) is 81.5. The van der Waals surface area contributed by atoms with Crippen LogP contribution in [0.3, 0.4) is 0 Å². The molecule has 2 amide bonds. The number of esters is 2. The van der Waals surface area contributed by atoms with Gasteiger partial charge in [0.1, 0.15) is 11.5 Å². The molecule has 0 heterocycles. The van der Waals surface area contributed by atoms with E-state index in [1.54, 1.807) is 0 Å². The summed E-state index contributed by atoms with van der Waals surface area (Å²) in [5.74, 6) is -3.39. The van der Waals surface area contributed by atoms with Crippen molar-refractivity contribution in [2.45, 2.75) is 156 Å². The molecule has 0 bridgehead atoms. The van der Waals surface area contributed by atoms with Crippen molar-refractivity contribution < 1.29 is 38.2 Å². The minimum Gasteiger partial charge on any atom is -0.426 e. The van der Waals surface area contributed by atoms with E-state index in [9.17, 15) is 28.8 Å². The first-order valence-electron chi connectivity index (χ1n) is 19.6. The highest BCUT2D eigenvalue weighted by atomic mass is 16.5. The molecule has 10 heteroatoms. The van der Waals surface area contributed by atoms with E-state index in [1.165, 1.54) is 24.3 Å². The number of anilines is 2. The molecular formula is C42H58N2O8. The highest BCUT2D eigenvalue weighted by molar-refractivity contribution is 6.34. The van der Waals surface area contributed by atoms with Crippen molar-refractivity contribution in [1.82, 2.24) is 0 Å². The van der Waals surface area contributed by atoms with Gasteiger partial charge in [-0.1, -0.05) is 105 Å². The van der Waals surface area contributed by atoms with Crippen molar-refractivity contribution in [3.05, 3.63) is 46.5 Å². The van der Waals surface area contributed by atoms with E-state index in [0.29, 0.717) is 25.7 Å². The van der Waals surface area contributed by atoms with Crippen LogP contribution in [-0.4, -0.2) is 35.3 Å². The quantitative estimate of drug-likeness (QED) is 0.0529. The van der Waals surface area contributed by atoms with Crippen LogP contribution in [0, 0.1) is 0 Å². The molecule has 0 fully saturated rings. The first-order valence-corrected chi connectivity index (χ1v) is 19.6. The molecule has 2 N–H and O–H groups in total. The van der Waals surface area contributed by atoms with Gasteiger partial charge in [-0.25, -0.2) is 0 Å². The number of amides is 2. The molecule has 0 saturated heterocycles. The molecule has 0 radical (unpaired) electrons. The second kappa shape index (κ2) is 22.6. The van der Waals surface area contributed by atoms with Crippen LogP contribution < -0.4 is 20.1 Å². The highest BCUT2D eigenvalue weighted by Gasteiger charge is 2.40. The van der Waals surface area contributed by atoms with E-state index in [-0.39, 0.29) is 82.6 Å². The summed E-state index contributed by atoms with van der Waals surface area (Å²) in [5, 5.41) is 5.63. The van der Waals surface area contributed by atoms with Gasteiger partial charge in [0.15, 0.2) is 5.78 Å². The monoisotopic (exact) mass is 718 g/mol. The lowest BCUT2D eigenvalue weighted by molar-refractivity contribution is -0.135. The Morgan fingerprint density at radius 1 is 0.442 bits per heavy atom. The summed E-state index contributed by atoms with van der Waals surface area (Å²) < 4.78 is 11.5. The van der Waals surface area contributed by atoms with E-state index in [2.05, 4.69) is 38.3 Å². The molecule has 1 aliphatic rings. The SMILES string of the molecule is CCCCCCC(=O)Nc1ccc(OC(=O)CCCCCC)c2c1C(=O)c1c(NC(=O)CCCCCC)ccc(OC(=O)CCCCCC)c1C2=O. The summed E-state index contributed by atoms with van der Waals surface area (Å²) >= 11 is 0. The predicted molar refractivity (Wildman–Crippen MR) is 203 cm³/mol. The number of ketones is 2. The fraction of sp³-hybridized carbons (Fsp3) is 0.571. The molecule has 2 aromatic rings. The van der Waals surface area contributed by atoms with Crippen LogP contribution in [0.25, 0.3) is 0 Å². The Morgan fingerprint density at radius 2 is 0.769 bits per heavy atom.